The minimum Gasteiger partial charge on any atom is -0.469 e. The third kappa shape index (κ3) is 8.11. The summed E-state index contributed by atoms with van der Waals surface area (Å²) in [7, 11) is 0. The third-order valence-corrected chi connectivity index (χ3v) is 5.82. The molecule has 1 atom stereocenters. The molecule has 2 N–H and O–H groups in total. The predicted octanol–water partition coefficient (Wildman–Crippen LogP) is 2.51. The first kappa shape index (κ1) is 25.7. The van der Waals surface area contributed by atoms with E-state index >= 15 is 0 Å². The number of hydrogen-bond donors (Lipinski definition) is 2. The Morgan fingerprint density at radius 2 is 2.09 bits per heavy atom. The van der Waals surface area contributed by atoms with Gasteiger partial charge in [0.05, 0.1) is 19.5 Å². The number of guanidine groups is 1. The molecule has 2 aliphatic rings. The predicted molar refractivity (Wildman–Crippen MR) is 138 cm³/mol. The molecule has 4 rings (SSSR count). The van der Waals surface area contributed by atoms with E-state index in [4.69, 9.17) is 14.1 Å². The molecule has 2 aromatic rings. The van der Waals surface area contributed by atoms with Crippen molar-refractivity contribution in [3.63, 3.8) is 0 Å². The number of nitrogens with zero attached hydrogens (tertiary/aromatic N) is 4. The number of furan rings is 1. The van der Waals surface area contributed by atoms with Gasteiger partial charge in [0.25, 0.3) is 0 Å². The van der Waals surface area contributed by atoms with Gasteiger partial charge in [-0.05, 0) is 37.1 Å². The summed E-state index contributed by atoms with van der Waals surface area (Å²) in [6.07, 6.45) is 6.02. The van der Waals surface area contributed by atoms with Gasteiger partial charge >= 0.3 is 0 Å². The van der Waals surface area contributed by atoms with Crippen LogP contribution in [0.15, 0.2) is 46.1 Å². The van der Waals surface area contributed by atoms with Crippen LogP contribution in [0, 0.1) is 5.82 Å². The molecule has 2 aromatic heterocycles. The van der Waals surface area contributed by atoms with Crippen molar-refractivity contribution in [3.05, 3.63) is 48.3 Å². The van der Waals surface area contributed by atoms with Gasteiger partial charge in [-0.15, -0.1) is 24.0 Å². The number of ether oxygens (including phenoxy) is 1. The van der Waals surface area contributed by atoms with E-state index in [-0.39, 0.29) is 35.8 Å². The van der Waals surface area contributed by atoms with Crippen LogP contribution in [0.3, 0.4) is 0 Å². The number of rotatable bonds is 9. The molecule has 2 saturated heterocycles. The van der Waals surface area contributed by atoms with Crippen LogP contribution < -0.4 is 15.5 Å². The van der Waals surface area contributed by atoms with Crippen molar-refractivity contribution in [2.45, 2.75) is 25.3 Å². The van der Waals surface area contributed by atoms with Gasteiger partial charge in [0.15, 0.2) is 17.6 Å². The number of aliphatic imine (C=N–C) groups is 1. The SMILES string of the molecule is Fc1cccnc1N1CCC(NC(=NCCCN2CCOCC2)NCCc2ccco2)C1.I. The fourth-order valence-electron chi connectivity index (χ4n) is 4.10. The highest BCUT2D eigenvalue weighted by atomic mass is 127. The van der Waals surface area contributed by atoms with E-state index in [0.29, 0.717) is 12.4 Å². The summed E-state index contributed by atoms with van der Waals surface area (Å²) in [5.41, 5.74) is 0. The first-order valence-corrected chi connectivity index (χ1v) is 11.5. The molecule has 0 radical (unpaired) electrons. The van der Waals surface area contributed by atoms with Crippen LogP contribution in [0.1, 0.15) is 18.6 Å². The van der Waals surface area contributed by atoms with E-state index in [0.717, 1.165) is 83.5 Å². The van der Waals surface area contributed by atoms with Crippen LogP contribution in [0.2, 0.25) is 0 Å². The van der Waals surface area contributed by atoms with Crippen molar-refractivity contribution in [3.8, 4) is 0 Å². The molecule has 2 aliphatic heterocycles. The van der Waals surface area contributed by atoms with Crippen molar-refractivity contribution in [2.24, 2.45) is 4.99 Å². The van der Waals surface area contributed by atoms with Crippen molar-refractivity contribution >= 4 is 35.8 Å². The van der Waals surface area contributed by atoms with Gasteiger partial charge in [0, 0.05) is 64.5 Å². The molecule has 0 amide bonds. The molecule has 0 aromatic carbocycles. The molecule has 182 valence electrons. The first-order chi connectivity index (χ1) is 15.8. The monoisotopic (exact) mass is 572 g/mol. The molecule has 1 unspecified atom stereocenters. The number of nitrogens with one attached hydrogen (secondary N) is 2. The Bertz CT molecular complexity index is 847. The van der Waals surface area contributed by atoms with Gasteiger partial charge in [0.1, 0.15) is 5.76 Å². The first-order valence-electron chi connectivity index (χ1n) is 11.5. The summed E-state index contributed by atoms with van der Waals surface area (Å²) in [6, 6.07) is 7.14. The maximum Gasteiger partial charge on any atom is 0.191 e. The molecule has 0 saturated carbocycles. The lowest BCUT2D eigenvalue weighted by atomic mass is 10.2. The Hall–Kier alpha value is -1.92. The number of hydrogen-bond acceptors (Lipinski definition) is 6. The molecule has 2 fully saturated rings. The van der Waals surface area contributed by atoms with Crippen LogP contribution in [0.5, 0.6) is 0 Å². The maximum absolute atomic E-state index is 14.1. The van der Waals surface area contributed by atoms with E-state index in [2.05, 4.69) is 20.5 Å². The number of pyridine rings is 1. The highest BCUT2D eigenvalue weighted by molar-refractivity contribution is 14.0. The van der Waals surface area contributed by atoms with Crippen molar-refractivity contribution in [2.75, 3.05) is 63.9 Å². The average molecular weight is 572 g/mol. The number of aromatic nitrogens is 1. The summed E-state index contributed by atoms with van der Waals surface area (Å²) in [5, 5.41) is 6.96. The van der Waals surface area contributed by atoms with Crippen molar-refractivity contribution in [1.29, 1.82) is 0 Å². The summed E-state index contributed by atoms with van der Waals surface area (Å²) >= 11 is 0. The van der Waals surface area contributed by atoms with Gasteiger partial charge in [-0.3, -0.25) is 9.89 Å². The second kappa shape index (κ2) is 13.7. The molecule has 10 heteroatoms. The normalized spacial score (nSPS) is 19.4. The topological polar surface area (TPSA) is 78.2 Å². The van der Waals surface area contributed by atoms with E-state index < -0.39 is 0 Å². The summed E-state index contributed by atoms with van der Waals surface area (Å²) < 4.78 is 24.9. The number of halogens is 2. The highest BCUT2D eigenvalue weighted by Crippen LogP contribution is 2.20. The Morgan fingerprint density at radius 3 is 2.88 bits per heavy atom. The Balaban J connectivity index is 0.00000306. The average Bonchev–Trinajstić information content (AvgIpc) is 3.50. The fourth-order valence-corrected chi connectivity index (χ4v) is 4.10. The van der Waals surface area contributed by atoms with Crippen LogP contribution in [-0.2, 0) is 11.2 Å². The van der Waals surface area contributed by atoms with Gasteiger partial charge in [-0.25, -0.2) is 9.37 Å². The fraction of sp³-hybridized carbons (Fsp3) is 0.565. The smallest absolute Gasteiger partial charge is 0.191 e. The Labute approximate surface area is 212 Å². The third-order valence-electron chi connectivity index (χ3n) is 5.82. The molecule has 0 spiro atoms. The van der Waals surface area contributed by atoms with Gasteiger partial charge in [-0.1, -0.05) is 0 Å². The molecule has 8 nitrogen and oxygen atoms in total. The molecule has 0 aliphatic carbocycles. The lowest BCUT2D eigenvalue weighted by Gasteiger charge is -2.26. The quantitative estimate of drug-likeness (QED) is 0.207. The maximum atomic E-state index is 14.1. The van der Waals surface area contributed by atoms with E-state index in [1.165, 1.54) is 6.07 Å². The van der Waals surface area contributed by atoms with Gasteiger partial charge in [0.2, 0.25) is 0 Å². The minimum absolute atomic E-state index is 0. The molecule has 4 heterocycles. The zero-order valence-corrected chi connectivity index (χ0v) is 21.2. The van der Waals surface area contributed by atoms with Crippen molar-refractivity contribution < 1.29 is 13.5 Å². The second-order valence-corrected chi connectivity index (χ2v) is 8.18. The van der Waals surface area contributed by atoms with Crippen LogP contribution in [0.25, 0.3) is 0 Å². The molecular formula is C23H34FIN6O2. The van der Waals surface area contributed by atoms with Crippen LogP contribution >= 0.6 is 24.0 Å². The number of morpholine rings is 1. The minimum atomic E-state index is -0.276. The van der Waals surface area contributed by atoms with Gasteiger partial charge in [-0.2, -0.15) is 0 Å². The zero-order chi connectivity index (χ0) is 22.0. The lowest BCUT2D eigenvalue weighted by Crippen LogP contribution is -2.45. The lowest BCUT2D eigenvalue weighted by molar-refractivity contribution is 0.0377. The largest absolute Gasteiger partial charge is 0.469 e. The molecule has 33 heavy (non-hydrogen) atoms. The zero-order valence-electron chi connectivity index (χ0n) is 18.9. The number of anilines is 1. The summed E-state index contributed by atoms with van der Waals surface area (Å²) in [4.78, 5) is 13.4. The summed E-state index contributed by atoms with van der Waals surface area (Å²) in [6.45, 7) is 7.60. The Morgan fingerprint density at radius 1 is 1.21 bits per heavy atom. The molecular weight excluding hydrogens is 538 g/mol. The highest BCUT2D eigenvalue weighted by Gasteiger charge is 2.26. The van der Waals surface area contributed by atoms with Crippen LogP contribution in [-0.4, -0.2) is 80.9 Å². The Kier molecular flexibility index (Phi) is 10.7. The standard InChI is InChI=1S/C23H33FN6O2.HI/c24-21-5-1-8-25-22(21)30-12-7-19(18-30)28-23(27-10-6-20-4-2-15-32-20)26-9-3-11-29-13-16-31-17-14-29;/h1-2,4-5,8,15,19H,3,6-7,9-14,16-18H2,(H2,26,27,28);1H. The van der Waals surface area contributed by atoms with E-state index in [9.17, 15) is 4.39 Å². The second-order valence-electron chi connectivity index (χ2n) is 8.18. The van der Waals surface area contributed by atoms with Crippen molar-refractivity contribution in [1.82, 2.24) is 20.5 Å². The van der Waals surface area contributed by atoms with Crippen LogP contribution in [0.4, 0.5) is 10.2 Å². The van der Waals surface area contributed by atoms with E-state index in [1.54, 1.807) is 18.5 Å². The van der Waals surface area contributed by atoms with Gasteiger partial charge < -0.3 is 24.7 Å². The summed E-state index contributed by atoms with van der Waals surface area (Å²) in [5.74, 6) is 1.89. The molecule has 0 bridgehead atoms. The van der Waals surface area contributed by atoms with E-state index in [1.807, 2.05) is 17.0 Å².